The molecule has 1 amide bonds. The van der Waals surface area contributed by atoms with Crippen molar-refractivity contribution < 1.29 is 13.9 Å². The first-order chi connectivity index (χ1) is 15.1. The van der Waals surface area contributed by atoms with E-state index in [1.807, 2.05) is 42.5 Å². The number of amides is 1. The second-order valence-corrected chi connectivity index (χ2v) is 6.89. The number of aromatic nitrogens is 3. The maximum absolute atomic E-state index is 13.3. The molecular weight excluding hydrogens is 419 g/mol. The van der Waals surface area contributed by atoms with Crippen molar-refractivity contribution in [1.82, 2.24) is 15.0 Å². The van der Waals surface area contributed by atoms with Gasteiger partial charge < -0.3 is 10.1 Å². The molecule has 0 aliphatic heterocycles. The van der Waals surface area contributed by atoms with Crippen LogP contribution < -0.4 is 10.1 Å². The highest BCUT2D eigenvalue weighted by molar-refractivity contribution is 6.31. The van der Waals surface area contributed by atoms with E-state index < -0.39 is 11.7 Å². The summed E-state index contributed by atoms with van der Waals surface area (Å²) in [5.74, 6) is -0.786. The average Bonchev–Trinajstić information content (AvgIpc) is 2.79. The number of carbonyl (C=O) groups is 1. The molecule has 154 valence electrons. The average molecular weight is 435 g/mol. The highest BCUT2D eigenvalue weighted by Gasteiger charge is 2.11. The number of ether oxygens (including phenoxy) is 1. The Hall–Kier alpha value is -3.84. The summed E-state index contributed by atoms with van der Waals surface area (Å²) >= 11 is 5.74. The van der Waals surface area contributed by atoms with Crippen LogP contribution in [0.3, 0.4) is 0 Å². The van der Waals surface area contributed by atoms with E-state index in [9.17, 15) is 9.18 Å². The van der Waals surface area contributed by atoms with Crippen molar-refractivity contribution in [3.8, 4) is 5.88 Å². The number of nitrogens with zero attached hydrogens (tertiary/aromatic N) is 3. The summed E-state index contributed by atoms with van der Waals surface area (Å²) in [5, 5.41) is 2.53. The van der Waals surface area contributed by atoms with Crippen LogP contribution in [0.2, 0.25) is 5.02 Å². The van der Waals surface area contributed by atoms with Gasteiger partial charge in [0, 0.05) is 18.1 Å². The molecule has 1 N–H and O–H groups in total. The smallest absolute Gasteiger partial charge is 0.262 e. The van der Waals surface area contributed by atoms with Gasteiger partial charge in [-0.1, -0.05) is 29.8 Å². The molecule has 8 heteroatoms. The SMILES string of the molecule is O=C(COc1nc2ccccc2nc1/C=C\c1ccncc1)Nc1ccc(F)c(Cl)c1. The summed E-state index contributed by atoms with van der Waals surface area (Å²) in [6, 6.07) is 15.0. The number of fused-ring (bicyclic) bond motifs is 1. The molecule has 0 aliphatic rings. The molecule has 0 aliphatic carbocycles. The van der Waals surface area contributed by atoms with Gasteiger partial charge in [0.15, 0.2) is 6.61 Å². The van der Waals surface area contributed by atoms with Crippen molar-refractivity contribution in [2.75, 3.05) is 11.9 Å². The van der Waals surface area contributed by atoms with Crippen LogP contribution in [0.4, 0.5) is 10.1 Å². The van der Waals surface area contributed by atoms with Gasteiger partial charge in [0.05, 0.1) is 16.1 Å². The number of rotatable bonds is 6. The minimum Gasteiger partial charge on any atom is -0.466 e. The largest absolute Gasteiger partial charge is 0.466 e. The number of nitrogens with one attached hydrogen (secondary N) is 1. The lowest BCUT2D eigenvalue weighted by Crippen LogP contribution is -2.21. The number of anilines is 1. The molecule has 6 nitrogen and oxygen atoms in total. The standard InChI is InChI=1S/C23H16ClFN4O2/c24-17-13-16(6-7-18(17)25)27-22(30)14-31-23-21(8-5-15-9-11-26-12-10-15)28-19-3-1-2-4-20(19)29-23/h1-13H,14H2,(H,27,30)/b8-5-. The topological polar surface area (TPSA) is 77.0 Å². The predicted octanol–water partition coefficient (Wildman–Crippen LogP) is 5.01. The highest BCUT2D eigenvalue weighted by atomic mass is 35.5. The van der Waals surface area contributed by atoms with Crippen molar-refractivity contribution in [2.45, 2.75) is 0 Å². The van der Waals surface area contributed by atoms with Crippen LogP contribution in [0.15, 0.2) is 67.0 Å². The molecule has 2 aromatic heterocycles. The molecule has 31 heavy (non-hydrogen) atoms. The van der Waals surface area contributed by atoms with E-state index in [0.29, 0.717) is 22.4 Å². The Kier molecular flexibility index (Phi) is 6.14. The Morgan fingerprint density at radius 3 is 2.52 bits per heavy atom. The number of hydrogen-bond donors (Lipinski definition) is 1. The van der Waals surface area contributed by atoms with Crippen molar-refractivity contribution >= 4 is 46.4 Å². The summed E-state index contributed by atoms with van der Waals surface area (Å²) in [4.78, 5) is 25.4. The second-order valence-electron chi connectivity index (χ2n) is 6.48. The fourth-order valence-electron chi connectivity index (χ4n) is 2.77. The molecule has 2 heterocycles. The Bertz CT molecular complexity index is 1270. The van der Waals surface area contributed by atoms with Crippen molar-refractivity contribution in [3.63, 3.8) is 0 Å². The van der Waals surface area contributed by atoms with Crippen molar-refractivity contribution in [3.05, 3.63) is 89.1 Å². The number of pyridine rings is 1. The highest BCUT2D eigenvalue weighted by Crippen LogP contribution is 2.22. The molecule has 0 saturated heterocycles. The normalized spacial score (nSPS) is 11.0. The second kappa shape index (κ2) is 9.32. The summed E-state index contributed by atoms with van der Waals surface area (Å²) < 4.78 is 18.9. The van der Waals surface area contributed by atoms with Crippen molar-refractivity contribution in [1.29, 1.82) is 0 Å². The molecule has 0 fully saturated rings. The predicted molar refractivity (Wildman–Crippen MR) is 118 cm³/mol. The third kappa shape index (κ3) is 5.21. The minimum absolute atomic E-state index is 0.0809. The molecule has 4 rings (SSSR count). The van der Waals surface area contributed by atoms with Crippen LogP contribution in [0, 0.1) is 5.82 Å². The molecule has 2 aromatic carbocycles. The van der Waals surface area contributed by atoms with Crippen LogP contribution >= 0.6 is 11.6 Å². The Morgan fingerprint density at radius 2 is 1.77 bits per heavy atom. The maximum atomic E-state index is 13.3. The summed E-state index contributed by atoms with van der Waals surface area (Å²) in [6.45, 7) is -0.307. The molecule has 0 atom stereocenters. The number of carbonyl (C=O) groups excluding carboxylic acids is 1. The third-order valence-electron chi connectivity index (χ3n) is 4.25. The summed E-state index contributed by atoms with van der Waals surface area (Å²) in [7, 11) is 0. The van der Waals surface area contributed by atoms with Crippen LogP contribution in [0.1, 0.15) is 11.3 Å². The van der Waals surface area contributed by atoms with Gasteiger partial charge in [-0.25, -0.2) is 14.4 Å². The quantitative estimate of drug-likeness (QED) is 0.462. The summed E-state index contributed by atoms with van der Waals surface area (Å²) in [6.07, 6.45) is 7.00. The molecule has 0 radical (unpaired) electrons. The van der Waals surface area contributed by atoms with Gasteiger partial charge in [-0.3, -0.25) is 9.78 Å². The van der Waals surface area contributed by atoms with E-state index in [1.54, 1.807) is 18.5 Å². The van der Waals surface area contributed by atoms with E-state index in [-0.39, 0.29) is 17.5 Å². The summed E-state index contributed by atoms with van der Waals surface area (Å²) in [5.41, 5.74) is 3.12. The van der Waals surface area contributed by atoms with Gasteiger partial charge in [-0.15, -0.1) is 0 Å². The van der Waals surface area contributed by atoms with Gasteiger partial charge in [0.1, 0.15) is 11.5 Å². The zero-order chi connectivity index (χ0) is 21.6. The van der Waals surface area contributed by atoms with Crippen LogP contribution in [0.25, 0.3) is 23.2 Å². The van der Waals surface area contributed by atoms with Crippen molar-refractivity contribution in [2.24, 2.45) is 0 Å². The van der Waals surface area contributed by atoms with E-state index in [2.05, 4.69) is 20.3 Å². The first-order valence-electron chi connectivity index (χ1n) is 9.31. The molecule has 0 bridgehead atoms. The van der Waals surface area contributed by atoms with E-state index >= 15 is 0 Å². The van der Waals surface area contributed by atoms with Gasteiger partial charge >= 0.3 is 0 Å². The molecule has 0 unspecified atom stereocenters. The molecular formula is C23H16ClFN4O2. The monoisotopic (exact) mass is 434 g/mol. The molecule has 0 spiro atoms. The van der Waals surface area contributed by atoms with Gasteiger partial charge in [-0.2, -0.15) is 0 Å². The van der Waals surface area contributed by atoms with E-state index in [4.69, 9.17) is 16.3 Å². The molecule has 0 saturated carbocycles. The minimum atomic E-state index is -0.562. The fourth-order valence-corrected chi connectivity index (χ4v) is 2.95. The Labute approximate surface area is 182 Å². The van der Waals surface area contributed by atoms with Crippen LogP contribution in [-0.2, 0) is 4.79 Å². The van der Waals surface area contributed by atoms with E-state index in [0.717, 1.165) is 5.56 Å². The maximum Gasteiger partial charge on any atom is 0.262 e. The number of halogens is 2. The van der Waals surface area contributed by atoms with Crippen LogP contribution in [0.5, 0.6) is 5.88 Å². The van der Waals surface area contributed by atoms with Crippen LogP contribution in [-0.4, -0.2) is 27.5 Å². The van der Waals surface area contributed by atoms with Gasteiger partial charge in [0.25, 0.3) is 5.91 Å². The lowest BCUT2D eigenvalue weighted by atomic mass is 10.2. The molecule has 4 aromatic rings. The third-order valence-corrected chi connectivity index (χ3v) is 4.54. The first kappa shape index (κ1) is 20.4. The fraction of sp³-hybridized carbons (Fsp3) is 0.0435. The lowest BCUT2D eigenvalue weighted by molar-refractivity contribution is -0.118. The zero-order valence-electron chi connectivity index (χ0n) is 16.1. The first-order valence-corrected chi connectivity index (χ1v) is 9.69. The van der Waals surface area contributed by atoms with E-state index in [1.165, 1.54) is 18.2 Å². The van der Waals surface area contributed by atoms with Gasteiger partial charge in [-0.05, 0) is 54.1 Å². The number of hydrogen-bond acceptors (Lipinski definition) is 5. The van der Waals surface area contributed by atoms with Gasteiger partial charge in [0.2, 0.25) is 5.88 Å². The number of para-hydroxylation sites is 2. The Balaban J connectivity index is 1.54. The lowest BCUT2D eigenvalue weighted by Gasteiger charge is -2.10. The number of benzene rings is 2. The Morgan fingerprint density at radius 1 is 1.03 bits per heavy atom. The zero-order valence-corrected chi connectivity index (χ0v) is 16.9.